The maximum absolute atomic E-state index is 6.13. The Bertz CT molecular complexity index is 540. The van der Waals surface area contributed by atoms with E-state index in [0.717, 1.165) is 39.6 Å². The number of aryl methyl sites for hydroxylation is 1. The molecule has 2 aromatic rings. The number of nitrogens with zero attached hydrogens (tertiary/aromatic N) is 1. The van der Waals surface area contributed by atoms with Gasteiger partial charge >= 0.3 is 0 Å². The molecule has 0 aliphatic heterocycles. The minimum absolute atomic E-state index is 0.642. The van der Waals surface area contributed by atoms with Gasteiger partial charge in [0, 0.05) is 21.2 Å². The molecular formula is C12H12BrClN2. The number of benzene rings is 1. The van der Waals surface area contributed by atoms with Crippen LogP contribution in [0.4, 0.5) is 5.69 Å². The number of aromatic nitrogens is 1. The maximum Gasteiger partial charge on any atom is 0.0923 e. The zero-order valence-electron chi connectivity index (χ0n) is 8.93. The van der Waals surface area contributed by atoms with Crippen LogP contribution >= 0.6 is 27.5 Å². The Balaban J connectivity index is 2.76. The maximum atomic E-state index is 6.13. The second-order valence-electron chi connectivity index (χ2n) is 3.71. The summed E-state index contributed by atoms with van der Waals surface area (Å²) in [4.78, 5) is 4.54. The van der Waals surface area contributed by atoms with Gasteiger partial charge < -0.3 is 5.73 Å². The lowest BCUT2D eigenvalue weighted by molar-refractivity contribution is 0.890. The molecule has 0 saturated heterocycles. The molecule has 0 aliphatic carbocycles. The molecule has 2 rings (SSSR count). The Morgan fingerprint density at radius 1 is 1.44 bits per heavy atom. The highest BCUT2D eigenvalue weighted by atomic mass is 79.9. The van der Waals surface area contributed by atoms with Crippen molar-refractivity contribution in [2.75, 3.05) is 5.73 Å². The topological polar surface area (TPSA) is 38.9 Å². The molecule has 0 aliphatic rings. The molecule has 0 fully saturated rings. The summed E-state index contributed by atoms with van der Waals surface area (Å²) in [5.41, 5.74) is 8.52. The van der Waals surface area contributed by atoms with Crippen LogP contribution in [0.2, 0.25) is 5.02 Å². The van der Waals surface area contributed by atoms with Crippen molar-refractivity contribution in [3.8, 4) is 0 Å². The summed E-state index contributed by atoms with van der Waals surface area (Å²) >= 11 is 9.60. The largest absolute Gasteiger partial charge is 0.398 e. The van der Waals surface area contributed by atoms with Crippen LogP contribution in [-0.4, -0.2) is 4.98 Å². The third-order valence-electron chi connectivity index (χ3n) is 2.45. The zero-order valence-corrected chi connectivity index (χ0v) is 11.3. The lowest BCUT2D eigenvalue weighted by Crippen LogP contribution is -1.96. The summed E-state index contributed by atoms with van der Waals surface area (Å²) < 4.78 is 0.931. The van der Waals surface area contributed by atoms with E-state index in [1.54, 1.807) is 0 Å². The SMILES string of the molecule is CCCc1cc(N)c2c(Br)ccc(Cl)c2n1. The van der Waals surface area contributed by atoms with Crippen molar-refractivity contribution in [3.63, 3.8) is 0 Å². The first-order valence-electron chi connectivity index (χ1n) is 5.16. The van der Waals surface area contributed by atoms with Crippen LogP contribution in [0.3, 0.4) is 0 Å². The predicted molar refractivity (Wildman–Crippen MR) is 72.9 cm³/mol. The Labute approximate surface area is 108 Å². The summed E-state index contributed by atoms with van der Waals surface area (Å²) in [5.74, 6) is 0. The highest BCUT2D eigenvalue weighted by molar-refractivity contribution is 9.10. The molecule has 16 heavy (non-hydrogen) atoms. The van der Waals surface area contributed by atoms with Gasteiger partial charge in [0.15, 0.2) is 0 Å². The first kappa shape index (κ1) is 11.7. The Morgan fingerprint density at radius 2 is 2.19 bits per heavy atom. The van der Waals surface area contributed by atoms with E-state index in [1.807, 2.05) is 18.2 Å². The van der Waals surface area contributed by atoms with E-state index in [-0.39, 0.29) is 0 Å². The molecule has 0 atom stereocenters. The molecule has 84 valence electrons. The molecule has 0 saturated carbocycles. The molecule has 0 unspecified atom stereocenters. The van der Waals surface area contributed by atoms with Gasteiger partial charge in [-0.05, 0) is 24.6 Å². The van der Waals surface area contributed by atoms with E-state index in [9.17, 15) is 0 Å². The normalized spacial score (nSPS) is 10.9. The monoisotopic (exact) mass is 298 g/mol. The lowest BCUT2D eigenvalue weighted by Gasteiger charge is -2.08. The fourth-order valence-electron chi connectivity index (χ4n) is 1.74. The summed E-state index contributed by atoms with van der Waals surface area (Å²) in [6.45, 7) is 2.12. The van der Waals surface area contributed by atoms with Crippen LogP contribution in [0.1, 0.15) is 19.0 Å². The number of hydrogen-bond donors (Lipinski definition) is 1. The van der Waals surface area contributed by atoms with Gasteiger partial charge in [0.1, 0.15) is 0 Å². The fourth-order valence-corrected chi connectivity index (χ4v) is 2.49. The first-order chi connectivity index (χ1) is 7.63. The number of hydrogen-bond acceptors (Lipinski definition) is 2. The van der Waals surface area contributed by atoms with Gasteiger partial charge in [0.05, 0.1) is 10.5 Å². The number of halogens is 2. The van der Waals surface area contributed by atoms with Crippen LogP contribution in [-0.2, 0) is 6.42 Å². The smallest absolute Gasteiger partial charge is 0.0923 e. The van der Waals surface area contributed by atoms with Crippen molar-refractivity contribution in [3.05, 3.63) is 33.4 Å². The van der Waals surface area contributed by atoms with Gasteiger partial charge in [-0.2, -0.15) is 0 Å². The van der Waals surface area contributed by atoms with Crippen LogP contribution in [0.15, 0.2) is 22.7 Å². The number of nitrogens with two attached hydrogens (primary N) is 1. The molecule has 0 radical (unpaired) electrons. The number of anilines is 1. The Kier molecular flexibility index (Phi) is 3.36. The van der Waals surface area contributed by atoms with Crippen molar-refractivity contribution >= 4 is 44.1 Å². The van der Waals surface area contributed by atoms with Crippen LogP contribution in [0.5, 0.6) is 0 Å². The van der Waals surface area contributed by atoms with Crippen LogP contribution < -0.4 is 5.73 Å². The van der Waals surface area contributed by atoms with Gasteiger partial charge in [-0.15, -0.1) is 0 Å². The molecular weight excluding hydrogens is 288 g/mol. The van der Waals surface area contributed by atoms with Gasteiger partial charge in [-0.3, -0.25) is 4.98 Å². The highest BCUT2D eigenvalue weighted by Crippen LogP contribution is 2.33. The van der Waals surface area contributed by atoms with Crippen molar-refractivity contribution in [2.24, 2.45) is 0 Å². The van der Waals surface area contributed by atoms with Crippen molar-refractivity contribution in [1.82, 2.24) is 4.98 Å². The highest BCUT2D eigenvalue weighted by Gasteiger charge is 2.09. The molecule has 1 aromatic heterocycles. The third kappa shape index (κ3) is 2.02. The molecule has 0 amide bonds. The summed E-state index contributed by atoms with van der Waals surface area (Å²) in [5, 5.41) is 1.54. The second kappa shape index (κ2) is 4.60. The minimum atomic E-state index is 0.642. The van der Waals surface area contributed by atoms with E-state index in [0.29, 0.717) is 5.02 Å². The number of pyridine rings is 1. The van der Waals surface area contributed by atoms with Gasteiger partial charge in [0.2, 0.25) is 0 Å². The van der Waals surface area contributed by atoms with Gasteiger partial charge in [-0.1, -0.05) is 40.9 Å². The van der Waals surface area contributed by atoms with Crippen molar-refractivity contribution in [1.29, 1.82) is 0 Å². The van der Waals surface area contributed by atoms with Gasteiger partial charge in [-0.25, -0.2) is 0 Å². The molecule has 1 heterocycles. The second-order valence-corrected chi connectivity index (χ2v) is 4.97. The summed E-state index contributed by atoms with van der Waals surface area (Å²) in [6.07, 6.45) is 1.96. The fraction of sp³-hybridized carbons (Fsp3) is 0.250. The molecule has 0 spiro atoms. The van der Waals surface area contributed by atoms with E-state index in [1.165, 1.54) is 0 Å². The third-order valence-corrected chi connectivity index (χ3v) is 3.42. The predicted octanol–water partition coefficient (Wildman–Crippen LogP) is 4.19. The molecule has 0 bridgehead atoms. The van der Waals surface area contributed by atoms with Crippen molar-refractivity contribution in [2.45, 2.75) is 19.8 Å². The van der Waals surface area contributed by atoms with Gasteiger partial charge in [0.25, 0.3) is 0 Å². The molecule has 2 nitrogen and oxygen atoms in total. The minimum Gasteiger partial charge on any atom is -0.398 e. The van der Waals surface area contributed by atoms with E-state index in [2.05, 4.69) is 27.8 Å². The average molecular weight is 300 g/mol. The summed E-state index contributed by atoms with van der Waals surface area (Å²) in [6, 6.07) is 5.64. The van der Waals surface area contributed by atoms with E-state index < -0.39 is 0 Å². The zero-order chi connectivity index (χ0) is 11.7. The van der Waals surface area contributed by atoms with Crippen molar-refractivity contribution < 1.29 is 0 Å². The van der Waals surface area contributed by atoms with Crippen LogP contribution in [0, 0.1) is 0 Å². The Morgan fingerprint density at radius 3 is 2.88 bits per heavy atom. The van der Waals surface area contributed by atoms with E-state index in [4.69, 9.17) is 17.3 Å². The average Bonchev–Trinajstić information content (AvgIpc) is 2.23. The number of nitrogen functional groups attached to an aromatic ring is 1. The number of fused-ring (bicyclic) bond motifs is 1. The quantitative estimate of drug-likeness (QED) is 0.903. The number of rotatable bonds is 2. The molecule has 4 heteroatoms. The van der Waals surface area contributed by atoms with Crippen LogP contribution in [0.25, 0.3) is 10.9 Å². The van der Waals surface area contributed by atoms with E-state index >= 15 is 0 Å². The molecule has 2 N–H and O–H groups in total. The summed E-state index contributed by atoms with van der Waals surface area (Å²) in [7, 11) is 0. The lowest BCUT2D eigenvalue weighted by atomic mass is 10.1. The first-order valence-corrected chi connectivity index (χ1v) is 6.33. The Hall–Kier alpha value is -0.800. The standard InChI is InChI=1S/C12H12BrClN2/c1-2-3-7-6-10(15)11-8(13)4-5-9(14)12(11)16-7/h4-6H,2-3H2,1H3,(H2,15,16). The molecule has 1 aromatic carbocycles.